The van der Waals surface area contributed by atoms with Crippen LogP contribution < -0.4 is 4.74 Å². The van der Waals surface area contributed by atoms with E-state index in [-0.39, 0.29) is 39.3 Å². The molecule has 2 aromatic carbocycles. The Labute approximate surface area is 187 Å². The van der Waals surface area contributed by atoms with E-state index < -0.39 is 10.9 Å². The second kappa shape index (κ2) is 10.0. The number of phenols is 1. The summed E-state index contributed by atoms with van der Waals surface area (Å²) in [6.45, 7) is 3.89. The summed E-state index contributed by atoms with van der Waals surface area (Å²) in [5, 5.41) is 32.2. The van der Waals surface area contributed by atoms with Crippen molar-refractivity contribution in [1.82, 2.24) is 0 Å². The second-order valence-corrected chi connectivity index (χ2v) is 7.40. The Kier molecular flexibility index (Phi) is 7.16. The molecule has 3 rings (SSSR count). The number of rotatable bonds is 7. The largest absolute Gasteiger partial charge is 0.506 e. The lowest BCUT2D eigenvalue weighted by Crippen LogP contribution is -2.12. The number of non-ortho nitro benzene ring substituents is 1. The molecule has 0 aromatic heterocycles. The molecule has 0 radical (unpaired) electrons. The van der Waals surface area contributed by atoms with Crippen molar-refractivity contribution in [3.8, 4) is 11.5 Å². The highest BCUT2D eigenvalue weighted by Crippen LogP contribution is 2.42. The number of aliphatic imine (C=N–C) groups is 1. The molecule has 0 bridgehead atoms. The Balaban J connectivity index is 2.03. The van der Waals surface area contributed by atoms with E-state index in [0.717, 1.165) is 11.8 Å². The van der Waals surface area contributed by atoms with Gasteiger partial charge in [0, 0.05) is 17.7 Å². The molecule has 1 aliphatic rings. The van der Waals surface area contributed by atoms with E-state index in [2.05, 4.69) is 4.99 Å². The molecule has 2 aromatic rings. The summed E-state index contributed by atoms with van der Waals surface area (Å²) >= 11 is 1.01. The van der Waals surface area contributed by atoms with Gasteiger partial charge in [-0.15, -0.1) is 0 Å². The summed E-state index contributed by atoms with van der Waals surface area (Å²) in [7, 11) is 0. The van der Waals surface area contributed by atoms with E-state index in [1.165, 1.54) is 30.3 Å². The lowest BCUT2D eigenvalue weighted by Gasteiger charge is -2.08. The maximum absolute atomic E-state index is 12.5. The number of phenolic OH excluding ortho intramolecular Hbond substituents is 1. The molecule has 2 N–H and O–H groups in total. The van der Waals surface area contributed by atoms with E-state index in [4.69, 9.17) is 9.47 Å². The van der Waals surface area contributed by atoms with E-state index in [1.54, 1.807) is 32.0 Å². The van der Waals surface area contributed by atoms with Crippen molar-refractivity contribution in [1.29, 1.82) is 0 Å². The van der Waals surface area contributed by atoms with Gasteiger partial charge in [-0.2, -0.15) is 0 Å². The number of aliphatic hydroxyl groups excluding tert-OH is 1. The first-order chi connectivity index (χ1) is 15.3. The molecule has 0 saturated carbocycles. The standard InChI is InChI=1S/C22H20N2O7S/c1-3-30-16-7-5-6-13(19(16)25)12-17-20(26)18(22(27)31-4-2)21(32-17)23-14-8-10-15(11-9-14)24(28)29/h5-12,25-26H,3-4H2,1-2H3/b17-12+,23-21?. The third kappa shape index (κ3) is 4.92. The minimum absolute atomic E-state index is 0.0951. The van der Waals surface area contributed by atoms with E-state index in [9.17, 15) is 25.1 Å². The van der Waals surface area contributed by atoms with Gasteiger partial charge >= 0.3 is 5.97 Å². The molecule has 0 saturated heterocycles. The second-order valence-electron chi connectivity index (χ2n) is 6.37. The first kappa shape index (κ1) is 22.9. The van der Waals surface area contributed by atoms with Crippen molar-refractivity contribution in [2.75, 3.05) is 13.2 Å². The summed E-state index contributed by atoms with van der Waals surface area (Å²) in [6, 6.07) is 10.4. The van der Waals surface area contributed by atoms with Crippen molar-refractivity contribution in [3.05, 3.63) is 74.4 Å². The third-order valence-electron chi connectivity index (χ3n) is 4.28. The summed E-state index contributed by atoms with van der Waals surface area (Å²) < 4.78 is 10.4. The molecule has 9 nitrogen and oxygen atoms in total. The van der Waals surface area contributed by atoms with Crippen LogP contribution in [0.25, 0.3) is 6.08 Å². The molecule has 0 fully saturated rings. The minimum Gasteiger partial charge on any atom is -0.506 e. The summed E-state index contributed by atoms with van der Waals surface area (Å²) in [5.74, 6) is -0.906. The normalized spacial score (nSPS) is 15.9. The van der Waals surface area contributed by atoms with Crippen molar-refractivity contribution in [2.24, 2.45) is 4.99 Å². The minimum atomic E-state index is -0.756. The van der Waals surface area contributed by atoms with Crippen LogP contribution in [0.15, 0.2) is 63.7 Å². The van der Waals surface area contributed by atoms with Gasteiger partial charge in [-0.05, 0) is 38.1 Å². The molecule has 0 unspecified atom stereocenters. The van der Waals surface area contributed by atoms with E-state index in [1.807, 2.05) is 0 Å². The number of nitro groups is 1. The lowest BCUT2D eigenvalue weighted by atomic mass is 10.1. The molecule has 10 heteroatoms. The Morgan fingerprint density at radius 3 is 2.50 bits per heavy atom. The molecule has 1 aliphatic heterocycles. The van der Waals surface area contributed by atoms with E-state index >= 15 is 0 Å². The molecule has 0 amide bonds. The number of nitro benzene ring substituents is 1. The van der Waals surface area contributed by atoms with Crippen molar-refractivity contribution < 1.29 is 29.4 Å². The number of hydrogen-bond acceptors (Lipinski definition) is 9. The fraction of sp³-hybridized carbons (Fsp3) is 0.182. The quantitative estimate of drug-likeness (QED) is 0.342. The Morgan fingerprint density at radius 1 is 1.16 bits per heavy atom. The molecule has 32 heavy (non-hydrogen) atoms. The molecule has 0 spiro atoms. The van der Waals surface area contributed by atoms with Gasteiger partial charge in [0.1, 0.15) is 16.4 Å². The van der Waals surface area contributed by atoms with Crippen LogP contribution in [0.3, 0.4) is 0 Å². The van der Waals surface area contributed by atoms with Crippen LogP contribution in [0.2, 0.25) is 0 Å². The topological polar surface area (TPSA) is 131 Å². The number of aromatic hydroxyl groups is 1. The number of hydrogen-bond donors (Lipinski definition) is 2. The zero-order chi connectivity index (χ0) is 23.3. The zero-order valence-corrected chi connectivity index (χ0v) is 18.1. The number of benzene rings is 2. The molecule has 0 atom stereocenters. The first-order valence-corrected chi connectivity index (χ1v) is 10.5. The van der Waals surface area contributed by atoms with Crippen LogP contribution in [-0.2, 0) is 9.53 Å². The fourth-order valence-electron chi connectivity index (χ4n) is 2.83. The summed E-state index contributed by atoms with van der Waals surface area (Å²) in [6.07, 6.45) is 1.51. The monoisotopic (exact) mass is 456 g/mol. The van der Waals surface area contributed by atoms with Crippen molar-refractivity contribution in [2.45, 2.75) is 13.8 Å². The van der Waals surface area contributed by atoms with Crippen LogP contribution >= 0.6 is 11.8 Å². The maximum atomic E-state index is 12.5. The predicted molar refractivity (Wildman–Crippen MR) is 121 cm³/mol. The molecular weight excluding hydrogens is 436 g/mol. The number of carbonyl (C=O) groups excluding carboxylic acids is 1. The Morgan fingerprint density at radius 2 is 1.88 bits per heavy atom. The summed E-state index contributed by atoms with van der Waals surface area (Å²) in [4.78, 5) is 27.4. The molecule has 0 aliphatic carbocycles. The highest BCUT2D eigenvalue weighted by atomic mass is 32.2. The van der Waals surface area contributed by atoms with Crippen LogP contribution in [-0.4, -0.2) is 39.4 Å². The average Bonchev–Trinajstić information content (AvgIpc) is 3.06. The van der Waals surface area contributed by atoms with Crippen LogP contribution in [0, 0.1) is 10.1 Å². The third-order valence-corrected chi connectivity index (χ3v) is 5.30. The van der Waals surface area contributed by atoms with Crippen LogP contribution in [0.4, 0.5) is 11.4 Å². The smallest absolute Gasteiger partial charge is 0.344 e. The predicted octanol–water partition coefficient (Wildman–Crippen LogP) is 4.89. The number of aliphatic hydroxyl groups is 1. The number of para-hydroxylation sites is 1. The van der Waals surface area contributed by atoms with Crippen molar-refractivity contribution >= 4 is 40.2 Å². The lowest BCUT2D eigenvalue weighted by molar-refractivity contribution is -0.384. The number of esters is 1. The van der Waals surface area contributed by atoms with Gasteiger partial charge < -0.3 is 19.7 Å². The van der Waals surface area contributed by atoms with E-state index in [0.29, 0.717) is 23.6 Å². The van der Waals surface area contributed by atoms with Gasteiger partial charge in [-0.25, -0.2) is 9.79 Å². The number of nitrogens with zero attached hydrogens (tertiary/aromatic N) is 2. The number of carbonyl (C=O) groups is 1. The SMILES string of the molecule is CCOC(=O)C1=C(O)/C(=C\c2cccc(OCC)c2O)SC1=Nc1ccc([N+](=O)[O-])cc1. The highest BCUT2D eigenvalue weighted by molar-refractivity contribution is 8.18. The van der Waals surface area contributed by atoms with Crippen molar-refractivity contribution in [3.63, 3.8) is 0 Å². The Bertz CT molecular complexity index is 1140. The average molecular weight is 456 g/mol. The van der Waals surface area contributed by atoms with Gasteiger partial charge in [0.25, 0.3) is 5.69 Å². The van der Waals surface area contributed by atoms with Gasteiger partial charge in [0.05, 0.1) is 28.7 Å². The van der Waals surface area contributed by atoms with Gasteiger partial charge in [-0.3, -0.25) is 10.1 Å². The van der Waals surface area contributed by atoms with Crippen LogP contribution in [0.5, 0.6) is 11.5 Å². The molecule has 166 valence electrons. The van der Waals surface area contributed by atoms with Gasteiger partial charge in [-0.1, -0.05) is 23.9 Å². The van der Waals surface area contributed by atoms with Crippen LogP contribution in [0.1, 0.15) is 19.4 Å². The van der Waals surface area contributed by atoms with Gasteiger partial charge in [0.2, 0.25) is 0 Å². The molecule has 1 heterocycles. The van der Waals surface area contributed by atoms with Gasteiger partial charge in [0.15, 0.2) is 11.5 Å². The Hall–Kier alpha value is -3.79. The maximum Gasteiger partial charge on any atom is 0.344 e. The molecular formula is C22H20N2O7S. The zero-order valence-electron chi connectivity index (χ0n) is 17.3. The number of thioether (sulfide) groups is 1. The number of ether oxygens (including phenoxy) is 2. The first-order valence-electron chi connectivity index (χ1n) is 9.64. The fourth-order valence-corrected chi connectivity index (χ4v) is 3.85. The summed E-state index contributed by atoms with van der Waals surface area (Å²) in [5.41, 5.74) is 0.518. The highest BCUT2D eigenvalue weighted by Gasteiger charge is 2.33.